The zero-order chi connectivity index (χ0) is 6.85. The van der Waals surface area contributed by atoms with E-state index in [0.717, 1.165) is 0 Å². The van der Waals surface area contributed by atoms with Crippen molar-refractivity contribution in [3.05, 3.63) is 33.8 Å². The summed E-state index contributed by atoms with van der Waals surface area (Å²) in [6.45, 7) is 4.22. The molecule has 0 spiro atoms. The van der Waals surface area contributed by atoms with Gasteiger partial charge in [-0.1, -0.05) is 28.1 Å². The summed E-state index contributed by atoms with van der Waals surface area (Å²) in [6.07, 6.45) is 0. The molecule has 0 N–H and O–H groups in total. The van der Waals surface area contributed by atoms with Gasteiger partial charge in [-0.25, -0.2) is 0 Å². The maximum absolute atomic E-state index is 3.45. The molecule has 0 aromatic heterocycles. The van der Waals surface area contributed by atoms with Gasteiger partial charge in [0, 0.05) is 4.47 Å². The summed E-state index contributed by atoms with van der Waals surface area (Å²) in [4.78, 5) is 0. The normalized spacial score (nSPS) is 8.70. The molecule has 0 atom stereocenters. The van der Waals surface area contributed by atoms with Crippen molar-refractivity contribution in [2.75, 3.05) is 0 Å². The molecule has 0 radical (unpaired) electrons. The number of aryl methyl sites for hydroxylation is 1. The number of hydrogen-bond donors (Lipinski definition) is 0. The molecular weight excluding hydrogens is 200 g/mol. The van der Waals surface area contributed by atoms with E-state index in [-0.39, 0.29) is 25.9 Å². The smallest absolute Gasteiger partial charge is 1.00 e. The molecule has 52 valence electrons. The maximum Gasteiger partial charge on any atom is 2.00 e. The van der Waals surface area contributed by atoms with Crippen molar-refractivity contribution < 1.29 is 2.85 Å². The van der Waals surface area contributed by atoms with Gasteiger partial charge in [-0.15, -0.1) is 0 Å². The van der Waals surface area contributed by atoms with E-state index in [1.807, 2.05) is 6.07 Å². The number of rotatable bonds is 0. The third-order valence-corrected chi connectivity index (χ3v) is 2.40. The molecule has 0 bridgehead atoms. The molecule has 1 rings (SSSR count). The molecule has 1 aromatic carbocycles. The second-order valence-electron chi connectivity index (χ2n) is 2.18. The fraction of sp³-hybridized carbons (Fsp3) is 0.250. The maximum atomic E-state index is 3.45. The van der Waals surface area contributed by atoms with E-state index in [2.05, 4.69) is 41.9 Å². The predicted molar refractivity (Wildman–Crippen MR) is 51.6 cm³/mol. The third kappa shape index (κ3) is 2.26. The molecule has 0 aliphatic heterocycles. The van der Waals surface area contributed by atoms with E-state index in [0.29, 0.717) is 0 Å². The Balaban J connectivity index is -0.000000270. The van der Waals surface area contributed by atoms with Crippen LogP contribution in [0.15, 0.2) is 22.7 Å². The van der Waals surface area contributed by atoms with Gasteiger partial charge < -0.3 is 2.85 Å². The van der Waals surface area contributed by atoms with Crippen LogP contribution in [-0.2, 0) is 0 Å². The van der Waals surface area contributed by atoms with Crippen molar-refractivity contribution in [2.24, 2.45) is 0 Å². The molecule has 0 saturated heterocycles. The van der Waals surface area contributed by atoms with Crippen LogP contribution in [0.3, 0.4) is 0 Å². The Morgan fingerprint density at radius 2 is 1.90 bits per heavy atom. The van der Waals surface area contributed by atoms with Gasteiger partial charge in [0.2, 0.25) is 0 Å². The molecule has 0 nitrogen and oxygen atoms in total. The molecule has 0 aliphatic rings. The third-order valence-electron chi connectivity index (χ3n) is 1.54. The van der Waals surface area contributed by atoms with E-state index >= 15 is 0 Å². The van der Waals surface area contributed by atoms with Gasteiger partial charge >= 0.3 is 23.1 Å². The first-order valence-electron chi connectivity index (χ1n) is 2.93. The Morgan fingerprint density at radius 3 is 2.30 bits per heavy atom. The first-order valence-corrected chi connectivity index (χ1v) is 3.73. The van der Waals surface area contributed by atoms with Crippen molar-refractivity contribution in [1.29, 1.82) is 0 Å². The minimum absolute atomic E-state index is 0. The van der Waals surface area contributed by atoms with Crippen molar-refractivity contribution in [3.63, 3.8) is 0 Å². The fourth-order valence-electron chi connectivity index (χ4n) is 0.715. The summed E-state index contributed by atoms with van der Waals surface area (Å²) in [7, 11) is 0. The summed E-state index contributed by atoms with van der Waals surface area (Å²) in [5.74, 6) is 0. The molecule has 1 aromatic rings. The Kier molecular flexibility index (Phi) is 4.57. The zero-order valence-corrected chi connectivity index (χ0v) is 9.32. The molecule has 2 heteroatoms. The van der Waals surface area contributed by atoms with Gasteiger partial charge in [0.05, 0.1) is 0 Å². The molecule has 0 aliphatic carbocycles. The topological polar surface area (TPSA) is 0 Å². The minimum atomic E-state index is 0. The Hall–Kier alpha value is 0.466. The first kappa shape index (κ1) is 10.5. The summed E-state index contributed by atoms with van der Waals surface area (Å²) in [6, 6.07) is 6.22. The quantitative estimate of drug-likeness (QED) is 0.579. The van der Waals surface area contributed by atoms with Gasteiger partial charge in [-0.05, 0) is 31.0 Å². The number of hydrogen-bond acceptors (Lipinski definition) is 0. The summed E-state index contributed by atoms with van der Waals surface area (Å²) in [5.41, 5.74) is 2.67. The summed E-state index contributed by atoms with van der Waals surface area (Å²) < 4.78 is 1.20. The monoisotopic (exact) mass is 210 g/mol. The van der Waals surface area contributed by atoms with Crippen molar-refractivity contribution in [3.8, 4) is 0 Å². The van der Waals surface area contributed by atoms with E-state index in [9.17, 15) is 0 Å². The van der Waals surface area contributed by atoms with E-state index < -0.39 is 0 Å². The van der Waals surface area contributed by atoms with Crippen molar-refractivity contribution in [2.45, 2.75) is 13.8 Å². The van der Waals surface area contributed by atoms with Crippen LogP contribution in [0.1, 0.15) is 14.0 Å². The van der Waals surface area contributed by atoms with Gasteiger partial charge in [0.25, 0.3) is 0 Å². The van der Waals surface area contributed by atoms with Gasteiger partial charge in [0.15, 0.2) is 0 Å². The van der Waals surface area contributed by atoms with E-state index in [1.165, 1.54) is 15.6 Å². The average molecular weight is 211 g/mol. The van der Waals surface area contributed by atoms with Crippen LogP contribution in [0.2, 0.25) is 0 Å². The van der Waals surface area contributed by atoms with Crippen LogP contribution in [-0.4, -0.2) is 23.1 Å². The largest absolute Gasteiger partial charge is 2.00 e. The molecule has 0 fully saturated rings. The SMILES string of the molecule is Cc1cccc(Br)c1C.[H-].[H-].[Mg+2]. The standard InChI is InChI=1S/C8H9Br.Mg.2H/c1-6-4-3-5-8(9)7(6)2;;;/h3-5H,1-2H3;;;/q;+2;2*-1. The van der Waals surface area contributed by atoms with Crippen LogP contribution in [0.4, 0.5) is 0 Å². The minimum Gasteiger partial charge on any atom is -1.00 e. The molecule has 0 unspecified atom stereocenters. The first-order chi connectivity index (χ1) is 4.22. The average Bonchev–Trinajstić information content (AvgIpc) is 1.83. The Bertz CT molecular complexity index is 208. The van der Waals surface area contributed by atoms with Gasteiger partial charge in [0.1, 0.15) is 0 Å². The zero-order valence-electron chi connectivity index (χ0n) is 8.32. The predicted octanol–water partition coefficient (Wildman–Crippen LogP) is 2.91. The molecule has 0 heterocycles. The number of benzene rings is 1. The van der Waals surface area contributed by atoms with Crippen LogP contribution in [0.5, 0.6) is 0 Å². The summed E-state index contributed by atoms with van der Waals surface area (Å²) in [5, 5.41) is 0. The van der Waals surface area contributed by atoms with Gasteiger partial charge in [-0.2, -0.15) is 0 Å². The second-order valence-corrected chi connectivity index (χ2v) is 3.04. The van der Waals surface area contributed by atoms with E-state index in [1.54, 1.807) is 0 Å². The summed E-state index contributed by atoms with van der Waals surface area (Å²) >= 11 is 3.45. The van der Waals surface area contributed by atoms with Crippen LogP contribution in [0, 0.1) is 13.8 Å². The molecule has 0 amide bonds. The Morgan fingerprint density at radius 1 is 1.30 bits per heavy atom. The van der Waals surface area contributed by atoms with Gasteiger partial charge in [-0.3, -0.25) is 0 Å². The second kappa shape index (κ2) is 4.37. The van der Waals surface area contributed by atoms with E-state index in [4.69, 9.17) is 0 Å². The Labute approximate surface area is 89.3 Å². The van der Waals surface area contributed by atoms with Crippen LogP contribution >= 0.6 is 15.9 Å². The van der Waals surface area contributed by atoms with Crippen LogP contribution < -0.4 is 0 Å². The molecule has 0 saturated carbocycles. The van der Waals surface area contributed by atoms with Crippen LogP contribution in [0.25, 0.3) is 0 Å². The molecular formula is C8H11BrMg. The van der Waals surface area contributed by atoms with Crippen molar-refractivity contribution in [1.82, 2.24) is 0 Å². The molecule has 10 heavy (non-hydrogen) atoms. The van der Waals surface area contributed by atoms with Crippen molar-refractivity contribution >= 4 is 39.0 Å². The fourth-order valence-corrected chi connectivity index (χ4v) is 1.18. The number of halogens is 1.